The van der Waals surface area contributed by atoms with Crippen molar-refractivity contribution in [2.24, 2.45) is 16.8 Å². The van der Waals surface area contributed by atoms with Gasteiger partial charge in [-0.25, -0.2) is 0 Å². The van der Waals surface area contributed by atoms with Gasteiger partial charge in [0.2, 0.25) is 0 Å². The highest BCUT2D eigenvalue weighted by molar-refractivity contribution is 14.0. The van der Waals surface area contributed by atoms with Crippen molar-refractivity contribution in [3.8, 4) is 0 Å². The van der Waals surface area contributed by atoms with E-state index in [2.05, 4.69) is 22.5 Å². The molecule has 0 aromatic rings. The topological polar surface area (TPSA) is 67.4 Å². The fourth-order valence-electron chi connectivity index (χ4n) is 3.72. The minimum Gasteiger partial charge on any atom is -0.383 e. The molecule has 0 atom stereocenters. The van der Waals surface area contributed by atoms with Gasteiger partial charge in [0.05, 0.1) is 6.61 Å². The molecule has 0 radical (unpaired) electrons. The molecule has 2 saturated heterocycles. The molecule has 0 saturated carbocycles. The summed E-state index contributed by atoms with van der Waals surface area (Å²) in [5.74, 6) is 2.31. The van der Waals surface area contributed by atoms with Crippen molar-refractivity contribution in [1.82, 2.24) is 15.5 Å². The molecule has 2 heterocycles. The molecule has 8 heteroatoms. The highest BCUT2D eigenvalue weighted by atomic mass is 127. The van der Waals surface area contributed by atoms with Gasteiger partial charge in [0.15, 0.2) is 5.96 Å². The number of piperidine rings is 1. The quantitative estimate of drug-likeness (QED) is 0.176. The van der Waals surface area contributed by atoms with Crippen LogP contribution in [-0.4, -0.2) is 90.3 Å². The van der Waals surface area contributed by atoms with Crippen LogP contribution in [0.1, 0.15) is 39.0 Å². The van der Waals surface area contributed by atoms with Crippen molar-refractivity contribution in [3.05, 3.63) is 0 Å². The van der Waals surface area contributed by atoms with Crippen molar-refractivity contribution in [3.63, 3.8) is 0 Å². The Balaban J connectivity index is 0.00000420. The van der Waals surface area contributed by atoms with E-state index in [1.165, 1.54) is 12.8 Å². The predicted molar refractivity (Wildman–Crippen MR) is 129 cm³/mol. The molecular formula is C21H43IN4O3. The summed E-state index contributed by atoms with van der Waals surface area (Å²) in [4.78, 5) is 7.31. The van der Waals surface area contributed by atoms with Gasteiger partial charge in [-0.2, -0.15) is 0 Å². The largest absolute Gasteiger partial charge is 0.383 e. The summed E-state index contributed by atoms with van der Waals surface area (Å²) < 4.78 is 16.4. The van der Waals surface area contributed by atoms with Crippen molar-refractivity contribution in [1.29, 1.82) is 0 Å². The Morgan fingerprint density at radius 2 is 1.83 bits per heavy atom. The normalized spacial score (nSPS) is 19.7. The van der Waals surface area contributed by atoms with E-state index in [-0.39, 0.29) is 24.0 Å². The standard InChI is InChI=1S/C21H42N4O3.HI/c1-3-22-21(23-9-4-13-28-18-20-7-14-27-15-8-20)24-17-19-5-10-25(11-6-19)12-16-26-2;/h19-20H,3-18H2,1-2H3,(H2,22,23,24);1H. The summed E-state index contributed by atoms with van der Waals surface area (Å²) in [7, 11) is 1.77. The lowest BCUT2D eigenvalue weighted by Gasteiger charge is -2.31. The van der Waals surface area contributed by atoms with Gasteiger partial charge in [0, 0.05) is 59.7 Å². The maximum atomic E-state index is 5.84. The Hall–Kier alpha value is -0.160. The minimum absolute atomic E-state index is 0. The fourth-order valence-corrected chi connectivity index (χ4v) is 3.72. The summed E-state index contributed by atoms with van der Waals surface area (Å²) >= 11 is 0. The number of hydrogen-bond acceptors (Lipinski definition) is 5. The summed E-state index contributed by atoms with van der Waals surface area (Å²) in [6, 6.07) is 0. The molecule has 0 aromatic heterocycles. The van der Waals surface area contributed by atoms with Crippen LogP contribution in [0.15, 0.2) is 4.99 Å². The molecule has 0 unspecified atom stereocenters. The fraction of sp³-hybridized carbons (Fsp3) is 0.952. The van der Waals surface area contributed by atoms with Gasteiger partial charge in [-0.3, -0.25) is 4.99 Å². The third kappa shape index (κ3) is 12.3. The van der Waals surface area contributed by atoms with E-state index in [9.17, 15) is 0 Å². The van der Waals surface area contributed by atoms with E-state index in [0.717, 1.165) is 97.5 Å². The number of rotatable bonds is 12. The zero-order chi connectivity index (χ0) is 19.9. The van der Waals surface area contributed by atoms with Crippen LogP contribution in [0.3, 0.4) is 0 Å². The van der Waals surface area contributed by atoms with Crippen LogP contribution in [-0.2, 0) is 14.2 Å². The van der Waals surface area contributed by atoms with Gasteiger partial charge in [-0.05, 0) is 64.0 Å². The number of hydrogen-bond donors (Lipinski definition) is 2. The Morgan fingerprint density at radius 3 is 2.52 bits per heavy atom. The Labute approximate surface area is 194 Å². The molecule has 0 aliphatic carbocycles. The Bertz CT molecular complexity index is 415. The van der Waals surface area contributed by atoms with Crippen LogP contribution in [0.25, 0.3) is 0 Å². The Morgan fingerprint density at radius 1 is 1.07 bits per heavy atom. The number of nitrogens with zero attached hydrogens (tertiary/aromatic N) is 2. The number of methoxy groups -OCH3 is 1. The summed E-state index contributed by atoms with van der Waals surface area (Å²) in [6.07, 6.45) is 5.74. The first-order valence-electron chi connectivity index (χ1n) is 11.2. The molecule has 2 aliphatic rings. The second kappa shape index (κ2) is 17.5. The number of guanidine groups is 1. The lowest BCUT2D eigenvalue weighted by Crippen LogP contribution is -2.39. The summed E-state index contributed by atoms with van der Waals surface area (Å²) in [6.45, 7) is 12.5. The lowest BCUT2D eigenvalue weighted by atomic mass is 9.97. The first kappa shape index (κ1) is 26.9. The monoisotopic (exact) mass is 526 g/mol. The molecule has 7 nitrogen and oxygen atoms in total. The Kier molecular flexibility index (Phi) is 16.2. The average Bonchev–Trinajstić information content (AvgIpc) is 2.74. The molecule has 0 bridgehead atoms. The minimum atomic E-state index is 0. The summed E-state index contributed by atoms with van der Waals surface area (Å²) in [5, 5.41) is 6.81. The van der Waals surface area contributed by atoms with E-state index in [1.807, 2.05) is 0 Å². The van der Waals surface area contributed by atoms with E-state index >= 15 is 0 Å². The van der Waals surface area contributed by atoms with Gasteiger partial charge in [0.25, 0.3) is 0 Å². The van der Waals surface area contributed by atoms with Gasteiger partial charge in [-0.15, -0.1) is 24.0 Å². The number of halogens is 1. The lowest BCUT2D eigenvalue weighted by molar-refractivity contribution is 0.0203. The first-order valence-corrected chi connectivity index (χ1v) is 11.2. The predicted octanol–water partition coefficient (Wildman–Crippen LogP) is 2.35. The summed E-state index contributed by atoms with van der Waals surface area (Å²) in [5.41, 5.74) is 0. The van der Waals surface area contributed by atoms with Crippen molar-refractivity contribution in [2.45, 2.75) is 39.0 Å². The number of likely N-dealkylation sites (tertiary alicyclic amines) is 1. The van der Waals surface area contributed by atoms with Gasteiger partial charge in [-0.1, -0.05) is 0 Å². The smallest absolute Gasteiger partial charge is 0.191 e. The van der Waals surface area contributed by atoms with Crippen LogP contribution in [0.4, 0.5) is 0 Å². The molecular weight excluding hydrogens is 483 g/mol. The van der Waals surface area contributed by atoms with Gasteiger partial charge >= 0.3 is 0 Å². The number of aliphatic imine (C=N–C) groups is 1. The highest BCUT2D eigenvalue weighted by Gasteiger charge is 2.18. The molecule has 0 amide bonds. The van der Waals surface area contributed by atoms with Crippen LogP contribution >= 0.6 is 24.0 Å². The van der Waals surface area contributed by atoms with Crippen LogP contribution in [0, 0.1) is 11.8 Å². The molecule has 172 valence electrons. The first-order chi connectivity index (χ1) is 13.8. The maximum absolute atomic E-state index is 5.84. The molecule has 0 spiro atoms. The molecule has 2 aliphatic heterocycles. The third-order valence-corrected chi connectivity index (χ3v) is 5.62. The second-order valence-electron chi connectivity index (χ2n) is 7.91. The molecule has 2 rings (SSSR count). The zero-order valence-electron chi connectivity index (χ0n) is 18.5. The average molecular weight is 527 g/mol. The van der Waals surface area contributed by atoms with E-state index < -0.39 is 0 Å². The number of nitrogens with one attached hydrogen (secondary N) is 2. The SMILES string of the molecule is CCNC(=NCC1CCN(CCOC)CC1)NCCCOCC1CCOCC1.I. The molecule has 29 heavy (non-hydrogen) atoms. The molecule has 0 aromatic carbocycles. The highest BCUT2D eigenvalue weighted by Crippen LogP contribution is 2.17. The van der Waals surface area contributed by atoms with Crippen LogP contribution < -0.4 is 10.6 Å². The van der Waals surface area contributed by atoms with E-state index in [4.69, 9.17) is 19.2 Å². The third-order valence-electron chi connectivity index (χ3n) is 5.62. The van der Waals surface area contributed by atoms with Crippen LogP contribution in [0.2, 0.25) is 0 Å². The number of ether oxygens (including phenoxy) is 3. The molecule has 2 N–H and O–H groups in total. The van der Waals surface area contributed by atoms with E-state index in [0.29, 0.717) is 11.8 Å². The maximum Gasteiger partial charge on any atom is 0.191 e. The van der Waals surface area contributed by atoms with Crippen molar-refractivity contribution < 1.29 is 14.2 Å². The van der Waals surface area contributed by atoms with Gasteiger partial charge in [0.1, 0.15) is 0 Å². The zero-order valence-corrected chi connectivity index (χ0v) is 20.8. The second-order valence-corrected chi connectivity index (χ2v) is 7.91. The van der Waals surface area contributed by atoms with Crippen molar-refractivity contribution in [2.75, 3.05) is 79.4 Å². The molecule has 2 fully saturated rings. The van der Waals surface area contributed by atoms with E-state index in [1.54, 1.807) is 7.11 Å². The van der Waals surface area contributed by atoms with Crippen LogP contribution in [0.5, 0.6) is 0 Å². The van der Waals surface area contributed by atoms with Crippen molar-refractivity contribution >= 4 is 29.9 Å². The van der Waals surface area contributed by atoms with Gasteiger partial charge < -0.3 is 29.7 Å².